The summed E-state index contributed by atoms with van der Waals surface area (Å²) in [5.41, 5.74) is 1.34. The molecule has 0 aliphatic heterocycles. The molecule has 0 unspecified atom stereocenters. The van der Waals surface area contributed by atoms with Crippen molar-refractivity contribution in [1.29, 1.82) is 0 Å². The van der Waals surface area contributed by atoms with Gasteiger partial charge in [-0.3, -0.25) is 4.79 Å². The maximum atomic E-state index is 12.4. The van der Waals surface area contributed by atoms with Gasteiger partial charge in [0, 0.05) is 16.6 Å². The highest BCUT2D eigenvalue weighted by Crippen LogP contribution is 2.30. The zero-order valence-electron chi connectivity index (χ0n) is 13.2. The minimum Gasteiger partial charge on any atom is -0.497 e. The lowest BCUT2D eigenvalue weighted by Gasteiger charge is -2.13. The second kappa shape index (κ2) is 7.87. The van der Waals surface area contributed by atoms with Crippen molar-refractivity contribution >= 4 is 21.8 Å². The van der Waals surface area contributed by atoms with Gasteiger partial charge in [-0.15, -0.1) is 0 Å². The van der Waals surface area contributed by atoms with Crippen molar-refractivity contribution in [2.24, 2.45) is 0 Å². The molecule has 2 rings (SSSR count). The van der Waals surface area contributed by atoms with Crippen LogP contribution in [0.4, 0.5) is 0 Å². The van der Waals surface area contributed by atoms with Crippen molar-refractivity contribution in [3.63, 3.8) is 0 Å². The highest BCUT2D eigenvalue weighted by atomic mass is 79.9. The third kappa shape index (κ3) is 3.96. The van der Waals surface area contributed by atoms with Gasteiger partial charge in [0.05, 0.1) is 26.9 Å². The van der Waals surface area contributed by atoms with Gasteiger partial charge < -0.3 is 19.5 Å². The fourth-order valence-corrected chi connectivity index (χ4v) is 2.60. The van der Waals surface area contributed by atoms with E-state index in [-0.39, 0.29) is 5.91 Å². The summed E-state index contributed by atoms with van der Waals surface area (Å²) in [5.74, 6) is 1.65. The Labute approximate surface area is 143 Å². The first-order valence-electron chi connectivity index (χ1n) is 6.92. The first kappa shape index (κ1) is 17.1. The fourth-order valence-electron chi connectivity index (χ4n) is 2.17. The van der Waals surface area contributed by atoms with E-state index in [9.17, 15) is 4.79 Å². The molecule has 0 spiro atoms. The van der Waals surface area contributed by atoms with E-state index in [4.69, 9.17) is 14.2 Å². The van der Waals surface area contributed by atoms with Gasteiger partial charge in [0.15, 0.2) is 11.5 Å². The number of hydrogen-bond donors (Lipinski definition) is 1. The number of halogens is 1. The first-order chi connectivity index (χ1) is 11.1. The molecule has 2 aromatic carbocycles. The number of benzene rings is 2. The summed E-state index contributed by atoms with van der Waals surface area (Å²) in [7, 11) is 4.71. The Kier molecular flexibility index (Phi) is 5.87. The van der Waals surface area contributed by atoms with Gasteiger partial charge in [-0.05, 0) is 40.2 Å². The summed E-state index contributed by atoms with van der Waals surface area (Å²) in [6.45, 7) is 0.322. The van der Waals surface area contributed by atoms with Gasteiger partial charge in [-0.1, -0.05) is 12.1 Å². The third-order valence-electron chi connectivity index (χ3n) is 3.34. The third-order valence-corrected chi connectivity index (χ3v) is 4.03. The standard InChI is InChI=1S/C17H18BrNO4/c1-21-12-7-8-14(18)13(9-12)17(20)19-10-11-5-4-6-15(22-2)16(11)23-3/h4-9H,10H2,1-3H3,(H,19,20). The van der Waals surface area contributed by atoms with Crippen molar-refractivity contribution in [2.75, 3.05) is 21.3 Å². The molecule has 0 bridgehead atoms. The van der Waals surface area contributed by atoms with Crippen LogP contribution in [0.5, 0.6) is 17.2 Å². The Morgan fingerprint density at radius 2 is 1.87 bits per heavy atom. The van der Waals surface area contributed by atoms with Crippen LogP contribution in [0.25, 0.3) is 0 Å². The van der Waals surface area contributed by atoms with Crippen LogP contribution in [-0.4, -0.2) is 27.2 Å². The molecule has 1 amide bonds. The number of carbonyl (C=O) groups excluding carboxylic acids is 1. The SMILES string of the molecule is COc1ccc(Br)c(C(=O)NCc2cccc(OC)c2OC)c1. The summed E-state index contributed by atoms with van der Waals surface area (Å²) in [6, 6.07) is 10.8. The molecule has 0 aliphatic rings. The molecule has 2 aromatic rings. The molecule has 122 valence electrons. The molecule has 6 heteroatoms. The monoisotopic (exact) mass is 379 g/mol. The molecule has 23 heavy (non-hydrogen) atoms. The molecule has 0 atom stereocenters. The zero-order valence-corrected chi connectivity index (χ0v) is 14.8. The number of para-hydroxylation sites is 1. The number of nitrogens with one attached hydrogen (secondary N) is 1. The van der Waals surface area contributed by atoms with E-state index in [1.54, 1.807) is 39.5 Å². The van der Waals surface area contributed by atoms with Crippen LogP contribution < -0.4 is 19.5 Å². The Morgan fingerprint density at radius 1 is 1.09 bits per heavy atom. The van der Waals surface area contributed by atoms with E-state index in [2.05, 4.69) is 21.2 Å². The van der Waals surface area contributed by atoms with Crippen LogP contribution in [-0.2, 0) is 6.54 Å². The van der Waals surface area contributed by atoms with Crippen LogP contribution in [0.15, 0.2) is 40.9 Å². The summed E-state index contributed by atoms with van der Waals surface area (Å²) >= 11 is 3.38. The van der Waals surface area contributed by atoms with Gasteiger partial charge in [0.1, 0.15) is 5.75 Å². The lowest BCUT2D eigenvalue weighted by molar-refractivity contribution is 0.0949. The molecule has 0 heterocycles. The molecule has 0 aliphatic carbocycles. The molecule has 0 fully saturated rings. The second-order valence-corrected chi connectivity index (χ2v) is 5.54. The second-order valence-electron chi connectivity index (χ2n) is 4.68. The number of amides is 1. The Hall–Kier alpha value is -2.21. The zero-order chi connectivity index (χ0) is 16.8. The van der Waals surface area contributed by atoms with Crippen molar-refractivity contribution in [2.45, 2.75) is 6.54 Å². The minimum absolute atomic E-state index is 0.208. The van der Waals surface area contributed by atoms with Crippen molar-refractivity contribution in [1.82, 2.24) is 5.32 Å². The molecule has 1 N–H and O–H groups in total. The Balaban J connectivity index is 2.17. The lowest BCUT2D eigenvalue weighted by Crippen LogP contribution is -2.23. The van der Waals surface area contributed by atoms with Gasteiger partial charge in [0.25, 0.3) is 5.91 Å². The summed E-state index contributed by atoms with van der Waals surface area (Å²) < 4.78 is 16.5. The molecular weight excluding hydrogens is 362 g/mol. The van der Waals surface area contributed by atoms with Gasteiger partial charge in [0.2, 0.25) is 0 Å². The van der Waals surface area contributed by atoms with Crippen molar-refractivity contribution in [3.05, 3.63) is 52.0 Å². The quantitative estimate of drug-likeness (QED) is 0.835. The molecule has 0 aromatic heterocycles. The number of ether oxygens (including phenoxy) is 3. The summed E-state index contributed by atoms with van der Waals surface area (Å²) in [6.07, 6.45) is 0. The Bertz CT molecular complexity index is 703. The first-order valence-corrected chi connectivity index (χ1v) is 7.71. The van der Waals surface area contributed by atoms with E-state index in [0.717, 1.165) is 5.56 Å². The maximum absolute atomic E-state index is 12.4. The average molecular weight is 380 g/mol. The predicted octanol–water partition coefficient (Wildman–Crippen LogP) is 3.40. The van der Waals surface area contributed by atoms with E-state index >= 15 is 0 Å². The average Bonchev–Trinajstić information content (AvgIpc) is 2.59. The molecule has 0 radical (unpaired) electrons. The molecule has 0 saturated heterocycles. The van der Waals surface area contributed by atoms with E-state index in [1.807, 2.05) is 18.2 Å². The highest BCUT2D eigenvalue weighted by Gasteiger charge is 2.14. The molecule has 0 saturated carbocycles. The van der Waals surface area contributed by atoms with Gasteiger partial charge >= 0.3 is 0 Å². The topological polar surface area (TPSA) is 56.8 Å². The van der Waals surface area contributed by atoms with Gasteiger partial charge in [-0.2, -0.15) is 0 Å². The van der Waals surface area contributed by atoms with Crippen LogP contribution >= 0.6 is 15.9 Å². The number of rotatable bonds is 6. The molecular formula is C17H18BrNO4. The van der Waals surface area contributed by atoms with Crippen LogP contribution in [0, 0.1) is 0 Å². The maximum Gasteiger partial charge on any atom is 0.252 e. The largest absolute Gasteiger partial charge is 0.497 e. The number of carbonyl (C=O) groups is 1. The summed E-state index contributed by atoms with van der Waals surface area (Å²) in [4.78, 5) is 12.4. The fraction of sp³-hybridized carbons (Fsp3) is 0.235. The van der Waals surface area contributed by atoms with E-state index < -0.39 is 0 Å². The lowest BCUT2D eigenvalue weighted by atomic mass is 10.1. The minimum atomic E-state index is -0.208. The van der Waals surface area contributed by atoms with Crippen LogP contribution in [0.1, 0.15) is 15.9 Å². The van der Waals surface area contributed by atoms with Crippen molar-refractivity contribution < 1.29 is 19.0 Å². The van der Waals surface area contributed by atoms with Crippen LogP contribution in [0.2, 0.25) is 0 Å². The Morgan fingerprint density at radius 3 is 2.52 bits per heavy atom. The number of methoxy groups -OCH3 is 3. The van der Waals surface area contributed by atoms with E-state index in [0.29, 0.717) is 33.8 Å². The molecule has 5 nitrogen and oxygen atoms in total. The normalized spacial score (nSPS) is 10.1. The predicted molar refractivity (Wildman–Crippen MR) is 91.4 cm³/mol. The van der Waals surface area contributed by atoms with Crippen molar-refractivity contribution in [3.8, 4) is 17.2 Å². The highest BCUT2D eigenvalue weighted by molar-refractivity contribution is 9.10. The van der Waals surface area contributed by atoms with Crippen LogP contribution in [0.3, 0.4) is 0 Å². The smallest absolute Gasteiger partial charge is 0.252 e. The van der Waals surface area contributed by atoms with Gasteiger partial charge in [-0.25, -0.2) is 0 Å². The number of hydrogen-bond acceptors (Lipinski definition) is 4. The van der Waals surface area contributed by atoms with E-state index in [1.165, 1.54) is 0 Å². The summed E-state index contributed by atoms with van der Waals surface area (Å²) in [5, 5.41) is 2.87.